The van der Waals surface area contributed by atoms with E-state index >= 15 is 0 Å². The van der Waals surface area contributed by atoms with Crippen LogP contribution in [-0.2, 0) is 14.8 Å². The quantitative estimate of drug-likeness (QED) is 0.774. The van der Waals surface area contributed by atoms with Gasteiger partial charge in [-0.2, -0.15) is 0 Å². The number of hydrogen-bond acceptors (Lipinski definition) is 4. The maximum atomic E-state index is 11.6. The van der Waals surface area contributed by atoms with Gasteiger partial charge in [0.05, 0.1) is 5.02 Å². The molecule has 0 spiro atoms. The van der Waals surface area contributed by atoms with Crippen LogP contribution in [0.4, 0.5) is 0 Å². The van der Waals surface area contributed by atoms with Crippen molar-refractivity contribution >= 4 is 27.5 Å². The molecule has 0 aliphatic rings. The fourth-order valence-corrected chi connectivity index (χ4v) is 2.41. The third-order valence-corrected chi connectivity index (χ3v) is 3.62. The van der Waals surface area contributed by atoms with Gasteiger partial charge in [0.15, 0.2) is 0 Å². The molecule has 1 aromatic rings. The number of rotatable bonds is 5. The Bertz CT molecular complexity index is 489. The largest absolute Gasteiger partial charge is 0.370 e. The predicted molar refractivity (Wildman–Crippen MR) is 58.2 cm³/mol. The average molecular weight is 264 g/mol. The lowest BCUT2D eigenvalue weighted by Gasteiger charge is -2.06. The normalized spacial score (nSPS) is 11.3. The molecule has 0 saturated heterocycles. The number of aromatic nitrogens is 1. The van der Waals surface area contributed by atoms with Gasteiger partial charge in [-0.25, -0.2) is 13.1 Å². The smallest absolute Gasteiger partial charge is 0.243 e. The standard InChI is InChI=1S/C8H10ClN3O3S/c9-6-1-3-11-5-7(6)16(14,15)12-4-2-8(10)13/h1,3,5,12H,2,4H2,(H2,10,13). The van der Waals surface area contributed by atoms with Crippen molar-refractivity contribution in [3.05, 3.63) is 23.5 Å². The van der Waals surface area contributed by atoms with Crippen LogP contribution in [-0.4, -0.2) is 25.9 Å². The van der Waals surface area contributed by atoms with Crippen LogP contribution < -0.4 is 10.5 Å². The first kappa shape index (κ1) is 12.9. The average Bonchev–Trinajstić information content (AvgIpc) is 2.17. The molecular weight excluding hydrogens is 254 g/mol. The number of primary amides is 1. The summed E-state index contributed by atoms with van der Waals surface area (Å²) < 4.78 is 25.5. The molecule has 0 unspecified atom stereocenters. The van der Waals surface area contributed by atoms with E-state index < -0.39 is 15.9 Å². The predicted octanol–water partition coefficient (Wildman–Crippen LogP) is -0.111. The number of amides is 1. The molecule has 0 radical (unpaired) electrons. The summed E-state index contributed by atoms with van der Waals surface area (Å²) in [7, 11) is -3.74. The number of nitrogens with zero attached hydrogens (tertiary/aromatic N) is 1. The number of carbonyl (C=O) groups excluding carboxylic acids is 1. The minimum absolute atomic E-state index is 0.0666. The lowest BCUT2D eigenvalue weighted by molar-refractivity contribution is -0.117. The Balaban J connectivity index is 2.79. The summed E-state index contributed by atoms with van der Waals surface area (Å²) in [5.74, 6) is -0.583. The minimum atomic E-state index is -3.74. The molecule has 1 aromatic heterocycles. The first-order valence-electron chi connectivity index (χ1n) is 4.31. The molecule has 1 rings (SSSR count). The van der Waals surface area contributed by atoms with Crippen molar-refractivity contribution < 1.29 is 13.2 Å². The number of halogens is 1. The molecule has 88 valence electrons. The van der Waals surface area contributed by atoms with E-state index in [0.29, 0.717) is 0 Å². The van der Waals surface area contributed by atoms with E-state index in [1.54, 1.807) is 0 Å². The Labute approximate surface area is 97.9 Å². The minimum Gasteiger partial charge on any atom is -0.370 e. The van der Waals surface area contributed by atoms with E-state index in [1.807, 2.05) is 0 Å². The molecule has 1 heterocycles. The number of carbonyl (C=O) groups is 1. The Hall–Kier alpha value is -1.18. The van der Waals surface area contributed by atoms with Crippen molar-refractivity contribution in [2.75, 3.05) is 6.54 Å². The highest BCUT2D eigenvalue weighted by atomic mass is 35.5. The van der Waals surface area contributed by atoms with Gasteiger partial charge in [0.1, 0.15) is 4.90 Å². The van der Waals surface area contributed by atoms with Gasteiger partial charge in [0, 0.05) is 25.4 Å². The lowest BCUT2D eigenvalue weighted by atomic mass is 10.4. The second-order valence-electron chi connectivity index (χ2n) is 2.92. The molecule has 3 N–H and O–H groups in total. The monoisotopic (exact) mass is 263 g/mol. The molecule has 0 bridgehead atoms. The van der Waals surface area contributed by atoms with Gasteiger partial charge in [-0.15, -0.1) is 0 Å². The summed E-state index contributed by atoms with van der Waals surface area (Å²) in [5.41, 5.74) is 4.88. The van der Waals surface area contributed by atoms with E-state index in [0.717, 1.165) is 6.20 Å². The van der Waals surface area contributed by atoms with Gasteiger partial charge in [0.25, 0.3) is 0 Å². The van der Waals surface area contributed by atoms with Gasteiger partial charge in [-0.3, -0.25) is 9.78 Å². The van der Waals surface area contributed by atoms with Crippen LogP contribution in [0.1, 0.15) is 6.42 Å². The Kier molecular flexibility index (Phi) is 4.22. The highest BCUT2D eigenvalue weighted by Crippen LogP contribution is 2.18. The first-order chi connectivity index (χ1) is 7.43. The Morgan fingerprint density at radius 2 is 2.25 bits per heavy atom. The van der Waals surface area contributed by atoms with Gasteiger partial charge in [-0.1, -0.05) is 11.6 Å². The van der Waals surface area contributed by atoms with Crippen molar-refractivity contribution in [2.24, 2.45) is 5.73 Å². The van der Waals surface area contributed by atoms with Crippen molar-refractivity contribution in [1.29, 1.82) is 0 Å². The molecule has 0 aromatic carbocycles. The second-order valence-corrected chi connectivity index (χ2v) is 5.06. The molecule has 16 heavy (non-hydrogen) atoms. The SMILES string of the molecule is NC(=O)CCNS(=O)(=O)c1cnccc1Cl. The summed E-state index contributed by atoms with van der Waals surface area (Å²) in [5, 5.41) is 0.0709. The number of nitrogens with one attached hydrogen (secondary N) is 1. The number of sulfonamides is 1. The van der Waals surface area contributed by atoms with Gasteiger partial charge in [0.2, 0.25) is 15.9 Å². The molecule has 6 nitrogen and oxygen atoms in total. The number of nitrogens with two attached hydrogens (primary N) is 1. The van der Waals surface area contributed by atoms with Crippen LogP contribution >= 0.6 is 11.6 Å². The zero-order valence-corrected chi connectivity index (χ0v) is 9.75. The maximum absolute atomic E-state index is 11.6. The fourth-order valence-electron chi connectivity index (χ4n) is 0.947. The van der Waals surface area contributed by atoms with E-state index in [4.69, 9.17) is 17.3 Å². The summed E-state index contributed by atoms with van der Waals surface area (Å²) in [6.07, 6.45) is 2.44. The Morgan fingerprint density at radius 1 is 1.56 bits per heavy atom. The second kappa shape index (κ2) is 5.24. The highest BCUT2D eigenvalue weighted by molar-refractivity contribution is 7.89. The molecular formula is C8H10ClN3O3S. The van der Waals surface area contributed by atoms with Gasteiger partial charge >= 0.3 is 0 Å². The Morgan fingerprint density at radius 3 is 2.81 bits per heavy atom. The number of pyridine rings is 1. The van der Waals surface area contributed by atoms with E-state index in [1.165, 1.54) is 12.3 Å². The third-order valence-electron chi connectivity index (χ3n) is 1.69. The van der Waals surface area contributed by atoms with Crippen LogP contribution in [0.25, 0.3) is 0 Å². The molecule has 0 saturated carbocycles. The third kappa shape index (κ3) is 3.44. The summed E-state index contributed by atoms with van der Waals surface area (Å²) in [4.78, 5) is 14.0. The van der Waals surface area contributed by atoms with Gasteiger partial charge < -0.3 is 5.73 Å². The van der Waals surface area contributed by atoms with Crippen LogP contribution in [0.3, 0.4) is 0 Å². The molecule has 8 heteroatoms. The zero-order chi connectivity index (χ0) is 12.2. The van der Waals surface area contributed by atoms with E-state index in [2.05, 4.69) is 9.71 Å². The zero-order valence-electron chi connectivity index (χ0n) is 8.18. The summed E-state index contributed by atoms with van der Waals surface area (Å²) >= 11 is 5.70. The van der Waals surface area contributed by atoms with Crippen molar-refractivity contribution in [3.8, 4) is 0 Å². The summed E-state index contributed by atoms with van der Waals surface area (Å²) in [6, 6.07) is 1.37. The summed E-state index contributed by atoms with van der Waals surface area (Å²) in [6.45, 7) is -0.0666. The van der Waals surface area contributed by atoms with Crippen LogP contribution in [0, 0.1) is 0 Å². The van der Waals surface area contributed by atoms with Crippen molar-refractivity contribution in [1.82, 2.24) is 9.71 Å². The van der Waals surface area contributed by atoms with Crippen LogP contribution in [0.5, 0.6) is 0 Å². The van der Waals surface area contributed by atoms with Crippen LogP contribution in [0.2, 0.25) is 5.02 Å². The maximum Gasteiger partial charge on any atom is 0.243 e. The van der Waals surface area contributed by atoms with Crippen LogP contribution in [0.15, 0.2) is 23.4 Å². The topological polar surface area (TPSA) is 102 Å². The van der Waals surface area contributed by atoms with Crippen molar-refractivity contribution in [2.45, 2.75) is 11.3 Å². The number of hydrogen-bond donors (Lipinski definition) is 2. The lowest BCUT2D eigenvalue weighted by Crippen LogP contribution is -2.28. The molecule has 0 atom stereocenters. The first-order valence-corrected chi connectivity index (χ1v) is 6.17. The van der Waals surface area contributed by atoms with E-state index in [9.17, 15) is 13.2 Å². The molecule has 0 aliphatic carbocycles. The molecule has 0 aliphatic heterocycles. The van der Waals surface area contributed by atoms with E-state index in [-0.39, 0.29) is 22.9 Å². The molecule has 1 amide bonds. The van der Waals surface area contributed by atoms with Gasteiger partial charge in [-0.05, 0) is 6.07 Å². The highest BCUT2D eigenvalue weighted by Gasteiger charge is 2.17. The fraction of sp³-hybridized carbons (Fsp3) is 0.250. The molecule has 0 fully saturated rings. The van der Waals surface area contributed by atoms with Crippen molar-refractivity contribution in [3.63, 3.8) is 0 Å².